The standard InChI is InChI=1S/C23H21N3O2/c1-15-8-13-21(28-3)18(14-15)23(27)24-17-11-9-16(10-12-17)22-25-19-6-4-5-7-20(19)26(22)2/h4-14H,1-3H3,(H,24,27). The molecule has 0 saturated heterocycles. The molecule has 140 valence electrons. The Kier molecular flexibility index (Phi) is 4.57. The van der Waals surface area contributed by atoms with Crippen LogP contribution in [-0.2, 0) is 7.05 Å². The van der Waals surface area contributed by atoms with Crippen molar-refractivity contribution in [2.24, 2.45) is 7.05 Å². The molecule has 4 aromatic rings. The largest absolute Gasteiger partial charge is 0.496 e. The Bertz CT molecular complexity index is 1160. The molecule has 0 radical (unpaired) electrons. The number of ether oxygens (including phenoxy) is 1. The molecule has 5 nitrogen and oxygen atoms in total. The van der Waals surface area contributed by atoms with E-state index in [1.165, 1.54) is 0 Å². The number of nitrogens with one attached hydrogen (secondary N) is 1. The second-order valence-electron chi connectivity index (χ2n) is 6.72. The molecule has 0 aliphatic rings. The van der Waals surface area contributed by atoms with E-state index >= 15 is 0 Å². The summed E-state index contributed by atoms with van der Waals surface area (Å²) in [6.45, 7) is 1.95. The van der Waals surface area contributed by atoms with Crippen LogP contribution in [0, 0.1) is 6.92 Å². The fourth-order valence-electron chi connectivity index (χ4n) is 3.30. The second kappa shape index (κ2) is 7.19. The van der Waals surface area contributed by atoms with Gasteiger partial charge in [-0.2, -0.15) is 0 Å². The fourth-order valence-corrected chi connectivity index (χ4v) is 3.30. The number of aryl methyl sites for hydroxylation is 2. The van der Waals surface area contributed by atoms with Crippen LogP contribution in [0.5, 0.6) is 5.75 Å². The zero-order valence-electron chi connectivity index (χ0n) is 16.1. The quantitative estimate of drug-likeness (QED) is 0.560. The summed E-state index contributed by atoms with van der Waals surface area (Å²) in [4.78, 5) is 17.4. The number of rotatable bonds is 4. The Morgan fingerprint density at radius 1 is 1.04 bits per heavy atom. The van der Waals surface area contributed by atoms with Gasteiger partial charge in [-0.25, -0.2) is 4.98 Å². The molecule has 0 fully saturated rings. The van der Waals surface area contributed by atoms with Crippen LogP contribution in [0.4, 0.5) is 5.69 Å². The minimum atomic E-state index is -0.198. The molecule has 3 aromatic carbocycles. The van der Waals surface area contributed by atoms with Crippen molar-refractivity contribution in [2.45, 2.75) is 6.92 Å². The number of fused-ring (bicyclic) bond motifs is 1. The van der Waals surface area contributed by atoms with Crippen molar-refractivity contribution in [3.8, 4) is 17.1 Å². The van der Waals surface area contributed by atoms with Gasteiger partial charge in [0.15, 0.2) is 0 Å². The van der Waals surface area contributed by atoms with E-state index in [9.17, 15) is 4.79 Å². The summed E-state index contributed by atoms with van der Waals surface area (Å²) in [5.41, 5.74) is 5.27. The van der Waals surface area contributed by atoms with Crippen LogP contribution in [0.1, 0.15) is 15.9 Å². The van der Waals surface area contributed by atoms with Crippen LogP contribution in [0.3, 0.4) is 0 Å². The van der Waals surface area contributed by atoms with Gasteiger partial charge in [0, 0.05) is 18.3 Å². The topological polar surface area (TPSA) is 56.1 Å². The second-order valence-corrected chi connectivity index (χ2v) is 6.72. The lowest BCUT2D eigenvalue weighted by molar-refractivity contribution is 0.102. The van der Waals surface area contributed by atoms with Crippen molar-refractivity contribution in [3.63, 3.8) is 0 Å². The van der Waals surface area contributed by atoms with Crippen molar-refractivity contribution < 1.29 is 9.53 Å². The first-order valence-electron chi connectivity index (χ1n) is 9.04. The van der Waals surface area contributed by atoms with Gasteiger partial charge in [-0.05, 0) is 55.5 Å². The Balaban J connectivity index is 1.59. The summed E-state index contributed by atoms with van der Waals surface area (Å²) >= 11 is 0. The Morgan fingerprint density at radius 2 is 1.79 bits per heavy atom. The van der Waals surface area contributed by atoms with Gasteiger partial charge < -0.3 is 14.6 Å². The molecule has 1 aromatic heterocycles. The fraction of sp³-hybridized carbons (Fsp3) is 0.130. The van der Waals surface area contributed by atoms with E-state index in [-0.39, 0.29) is 5.91 Å². The molecule has 0 aliphatic carbocycles. The highest BCUT2D eigenvalue weighted by Crippen LogP contribution is 2.26. The number of carbonyl (C=O) groups excluding carboxylic acids is 1. The maximum absolute atomic E-state index is 12.7. The average molecular weight is 371 g/mol. The number of hydrogen-bond acceptors (Lipinski definition) is 3. The smallest absolute Gasteiger partial charge is 0.259 e. The predicted molar refractivity (Wildman–Crippen MR) is 112 cm³/mol. The molecule has 0 bridgehead atoms. The summed E-state index contributed by atoms with van der Waals surface area (Å²) in [5, 5.41) is 2.93. The molecule has 0 spiro atoms. The lowest BCUT2D eigenvalue weighted by atomic mass is 10.1. The van der Waals surface area contributed by atoms with E-state index in [0.717, 1.165) is 33.7 Å². The first-order valence-corrected chi connectivity index (χ1v) is 9.04. The Hall–Kier alpha value is -3.60. The molecule has 4 rings (SSSR count). The highest BCUT2D eigenvalue weighted by molar-refractivity contribution is 6.06. The summed E-state index contributed by atoms with van der Waals surface area (Å²) in [6.07, 6.45) is 0. The van der Waals surface area contributed by atoms with Gasteiger partial charge in [0.25, 0.3) is 5.91 Å². The van der Waals surface area contributed by atoms with Gasteiger partial charge in [0.05, 0.1) is 23.7 Å². The molecule has 1 N–H and O–H groups in total. The van der Waals surface area contributed by atoms with Crippen molar-refractivity contribution in [2.75, 3.05) is 12.4 Å². The molecule has 1 amide bonds. The van der Waals surface area contributed by atoms with E-state index in [0.29, 0.717) is 11.3 Å². The Labute approximate surface area is 163 Å². The number of benzene rings is 3. The SMILES string of the molecule is COc1ccc(C)cc1C(=O)Nc1ccc(-c2nc3ccccc3n2C)cc1. The Morgan fingerprint density at radius 3 is 2.50 bits per heavy atom. The van der Waals surface area contributed by atoms with Crippen LogP contribution in [-0.4, -0.2) is 22.6 Å². The normalized spacial score (nSPS) is 10.8. The molecule has 28 heavy (non-hydrogen) atoms. The van der Waals surface area contributed by atoms with Crippen molar-refractivity contribution in [1.82, 2.24) is 9.55 Å². The maximum atomic E-state index is 12.7. The molecule has 0 saturated carbocycles. The number of para-hydroxylation sites is 2. The van der Waals surface area contributed by atoms with Crippen LogP contribution < -0.4 is 10.1 Å². The molecule has 0 aliphatic heterocycles. The van der Waals surface area contributed by atoms with Crippen LogP contribution >= 0.6 is 0 Å². The summed E-state index contributed by atoms with van der Waals surface area (Å²) in [5.74, 6) is 1.25. The van der Waals surface area contributed by atoms with Gasteiger partial charge in [0.2, 0.25) is 0 Å². The number of nitrogens with zero attached hydrogens (tertiary/aromatic N) is 2. The third-order valence-corrected chi connectivity index (χ3v) is 4.79. The number of methoxy groups -OCH3 is 1. The van der Waals surface area contributed by atoms with Crippen molar-refractivity contribution >= 4 is 22.6 Å². The van der Waals surface area contributed by atoms with Crippen LogP contribution in [0.2, 0.25) is 0 Å². The van der Waals surface area contributed by atoms with Crippen molar-refractivity contribution in [3.05, 3.63) is 77.9 Å². The van der Waals surface area contributed by atoms with Gasteiger partial charge >= 0.3 is 0 Å². The maximum Gasteiger partial charge on any atom is 0.259 e. The summed E-state index contributed by atoms with van der Waals surface area (Å²) < 4.78 is 7.38. The molecular weight excluding hydrogens is 350 g/mol. The third kappa shape index (κ3) is 3.22. The number of hydrogen-bond donors (Lipinski definition) is 1. The van der Waals surface area contributed by atoms with Gasteiger partial charge in [-0.15, -0.1) is 0 Å². The summed E-state index contributed by atoms with van der Waals surface area (Å²) in [6, 6.07) is 21.3. The molecule has 0 atom stereocenters. The molecule has 1 heterocycles. The minimum absolute atomic E-state index is 0.198. The monoisotopic (exact) mass is 371 g/mol. The van der Waals surface area contributed by atoms with Gasteiger partial charge in [-0.1, -0.05) is 23.8 Å². The number of amides is 1. The first kappa shape index (κ1) is 17.8. The van der Waals surface area contributed by atoms with Crippen molar-refractivity contribution in [1.29, 1.82) is 0 Å². The van der Waals surface area contributed by atoms with E-state index in [1.54, 1.807) is 13.2 Å². The van der Waals surface area contributed by atoms with Crippen LogP contribution in [0.25, 0.3) is 22.4 Å². The highest BCUT2D eigenvalue weighted by atomic mass is 16.5. The number of anilines is 1. The number of aromatic nitrogens is 2. The van der Waals surface area contributed by atoms with Gasteiger partial charge in [-0.3, -0.25) is 4.79 Å². The average Bonchev–Trinajstić information content (AvgIpc) is 3.05. The predicted octanol–water partition coefficient (Wildman–Crippen LogP) is 4.81. The molecule has 5 heteroatoms. The molecule has 0 unspecified atom stereocenters. The minimum Gasteiger partial charge on any atom is -0.496 e. The lowest BCUT2D eigenvalue weighted by Gasteiger charge is -2.11. The number of imidazole rings is 1. The summed E-state index contributed by atoms with van der Waals surface area (Å²) in [7, 11) is 3.57. The number of carbonyl (C=O) groups is 1. The third-order valence-electron chi connectivity index (χ3n) is 4.79. The van der Waals surface area contributed by atoms with Gasteiger partial charge in [0.1, 0.15) is 11.6 Å². The van der Waals surface area contributed by atoms with Crippen LogP contribution in [0.15, 0.2) is 66.7 Å². The molecular formula is C23H21N3O2. The van der Waals surface area contributed by atoms with E-state index in [2.05, 4.69) is 16.0 Å². The van der Waals surface area contributed by atoms with E-state index in [1.807, 2.05) is 68.6 Å². The highest BCUT2D eigenvalue weighted by Gasteiger charge is 2.14. The zero-order valence-corrected chi connectivity index (χ0v) is 16.1. The zero-order chi connectivity index (χ0) is 19.7. The van der Waals surface area contributed by atoms with E-state index < -0.39 is 0 Å². The van der Waals surface area contributed by atoms with E-state index in [4.69, 9.17) is 9.72 Å². The lowest BCUT2D eigenvalue weighted by Crippen LogP contribution is -2.13. The first-order chi connectivity index (χ1) is 13.6.